The third-order valence-electron chi connectivity index (χ3n) is 6.46. The molecule has 2 saturated heterocycles. The number of piperidine rings is 1. The molecule has 5 rings (SSSR count). The molecule has 3 aromatic heterocycles. The molecule has 0 atom stereocenters. The number of nitrogens with two attached hydrogens (primary N) is 1. The van der Waals surface area contributed by atoms with Gasteiger partial charge in [0, 0.05) is 49.4 Å². The second-order valence-corrected chi connectivity index (χ2v) is 9.11. The number of morpholine rings is 1. The average molecular weight is 500 g/mol. The van der Waals surface area contributed by atoms with E-state index in [0.717, 1.165) is 43.0 Å². The van der Waals surface area contributed by atoms with E-state index in [0.29, 0.717) is 37.9 Å². The maximum absolute atomic E-state index is 13.9. The van der Waals surface area contributed by atoms with Gasteiger partial charge in [-0.1, -0.05) is 6.42 Å². The van der Waals surface area contributed by atoms with Gasteiger partial charge in [-0.05, 0) is 49.7 Å². The Kier molecular flexibility index (Phi) is 7.01. The predicted molar refractivity (Wildman–Crippen MR) is 130 cm³/mol. The topological polar surface area (TPSA) is 93.3 Å². The molecule has 8 nitrogen and oxygen atoms in total. The normalized spacial score (nSPS) is 17.4. The molecule has 5 heterocycles. The van der Waals surface area contributed by atoms with Gasteiger partial charge in [-0.3, -0.25) is 9.88 Å². The number of nitrogens with zero attached hydrogens (tertiary/aromatic N) is 6. The van der Waals surface area contributed by atoms with E-state index in [2.05, 4.69) is 19.9 Å². The molecule has 0 amide bonds. The second kappa shape index (κ2) is 10.4. The van der Waals surface area contributed by atoms with Gasteiger partial charge < -0.3 is 15.4 Å². The van der Waals surface area contributed by atoms with Crippen LogP contribution in [0.1, 0.15) is 30.4 Å². The Balaban J connectivity index is 1.57. The molecule has 2 aliphatic rings. The molecule has 0 radical (unpaired) electrons. The summed E-state index contributed by atoms with van der Waals surface area (Å²) in [6.07, 6.45) is 3.63. The smallest absolute Gasteiger partial charge is 0.384 e. The SMILES string of the molecule is Nc1cc(C(F)(F)F)c(-c2cc(-c3cncc(CN4CCCCC4)c3)nc(N3CCOCC3)n2)cn1. The summed E-state index contributed by atoms with van der Waals surface area (Å²) >= 11 is 0. The standard InChI is InChI=1S/C25H28F3N7O/c26-25(27,28)20-11-23(29)31-15-19(20)22-12-21(32-24(33-22)35-6-8-36-9-7-35)18-10-17(13-30-14-18)16-34-4-2-1-3-5-34/h10-15H,1-9,16H2,(H2,29,31). The van der Waals surface area contributed by atoms with Crippen LogP contribution in [0.25, 0.3) is 22.5 Å². The molecule has 2 fully saturated rings. The molecule has 2 aliphatic heterocycles. The summed E-state index contributed by atoms with van der Waals surface area (Å²) in [5, 5.41) is 0. The van der Waals surface area contributed by atoms with Gasteiger partial charge in [0.25, 0.3) is 0 Å². The Morgan fingerprint density at radius 2 is 1.64 bits per heavy atom. The van der Waals surface area contributed by atoms with Gasteiger partial charge in [-0.2, -0.15) is 13.2 Å². The Bertz CT molecular complexity index is 1210. The molecule has 0 bridgehead atoms. The average Bonchev–Trinajstić information content (AvgIpc) is 2.89. The zero-order valence-corrected chi connectivity index (χ0v) is 19.8. The summed E-state index contributed by atoms with van der Waals surface area (Å²) in [5.41, 5.74) is 6.94. The minimum atomic E-state index is -4.62. The van der Waals surface area contributed by atoms with Crippen molar-refractivity contribution in [2.24, 2.45) is 0 Å². The number of alkyl halides is 3. The fourth-order valence-corrected chi connectivity index (χ4v) is 4.63. The minimum Gasteiger partial charge on any atom is -0.384 e. The van der Waals surface area contributed by atoms with Gasteiger partial charge in [0.1, 0.15) is 5.82 Å². The molecule has 0 saturated carbocycles. The molecule has 190 valence electrons. The third kappa shape index (κ3) is 5.57. The highest BCUT2D eigenvalue weighted by Gasteiger charge is 2.35. The molecule has 2 N–H and O–H groups in total. The van der Waals surface area contributed by atoms with E-state index in [1.165, 1.54) is 19.3 Å². The molecule has 0 spiro atoms. The van der Waals surface area contributed by atoms with Crippen LogP contribution in [-0.4, -0.2) is 64.2 Å². The van der Waals surface area contributed by atoms with Crippen molar-refractivity contribution < 1.29 is 17.9 Å². The molecule has 0 aromatic carbocycles. The zero-order chi connectivity index (χ0) is 25.1. The summed E-state index contributed by atoms with van der Waals surface area (Å²) < 4.78 is 47.1. The summed E-state index contributed by atoms with van der Waals surface area (Å²) in [5.74, 6) is 0.139. The van der Waals surface area contributed by atoms with E-state index in [1.807, 2.05) is 17.2 Å². The quantitative estimate of drug-likeness (QED) is 0.563. The number of anilines is 2. The molecule has 11 heteroatoms. The Labute approximate surface area is 207 Å². The Morgan fingerprint density at radius 1 is 0.889 bits per heavy atom. The monoisotopic (exact) mass is 499 g/mol. The van der Waals surface area contributed by atoms with Crippen LogP contribution in [0.4, 0.5) is 24.9 Å². The predicted octanol–water partition coefficient (Wildman–Crippen LogP) is 4.02. The highest BCUT2D eigenvalue weighted by atomic mass is 19.4. The zero-order valence-electron chi connectivity index (χ0n) is 19.8. The lowest BCUT2D eigenvalue weighted by Crippen LogP contribution is -2.37. The lowest BCUT2D eigenvalue weighted by atomic mass is 10.0. The van der Waals surface area contributed by atoms with E-state index in [1.54, 1.807) is 12.3 Å². The van der Waals surface area contributed by atoms with Crippen molar-refractivity contribution >= 4 is 11.8 Å². The first kappa shape index (κ1) is 24.4. The number of hydrogen-bond acceptors (Lipinski definition) is 8. The number of halogens is 3. The van der Waals surface area contributed by atoms with E-state index in [4.69, 9.17) is 15.5 Å². The summed E-state index contributed by atoms with van der Waals surface area (Å²) in [4.78, 5) is 21.9. The largest absolute Gasteiger partial charge is 0.417 e. The van der Waals surface area contributed by atoms with Gasteiger partial charge >= 0.3 is 6.18 Å². The number of likely N-dealkylation sites (tertiary alicyclic amines) is 1. The van der Waals surface area contributed by atoms with Crippen molar-refractivity contribution in [3.8, 4) is 22.5 Å². The molecule has 0 aliphatic carbocycles. The number of aromatic nitrogens is 4. The van der Waals surface area contributed by atoms with Crippen molar-refractivity contribution in [2.45, 2.75) is 32.0 Å². The fourth-order valence-electron chi connectivity index (χ4n) is 4.63. The summed E-state index contributed by atoms with van der Waals surface area (Å²) in [6.45, 7) is 4.95. The lowest BCUT2D eigenvalue weighted by molar-refractivity contribution is -0.137. The Hall–Kier alpha value is -3.31. The third-order valence-corrected chi connectivity index (χ3v) is 6.46. The van der Waals surface area contributed by atoms with Gasteiger partial charge in [0.05, 0.1) is 30.2 Å². The first-order valence-electron chi connectivity index (χ1n) is 12.1. The van der Waals surface area contributed by atoms with E-state index < -0.39 is 11.7 Å². The molecule has 3 aromatic rings. The summed E-state index contributed by atoms with van der Waals surface area (Å²) in [7, 11) is 0. The van der Waals surface area contributed by atoms with Gasteiger partial charge in [0.2, 0.25) is 5.95 Å². The number of hydrogen-bond donors (Lipinski definition) is 1. The van der Waals surface area contributed by atoms with Gasteiger partial charge in [0.15, 0.2) is 0 Å². The minimum absolute atomic E-state index is 0.128. The van der Waals surface area contributed by atoms with Crippen molar-refractivity contribution in [1.82, 2.24) is 24.8 Å². The maximum Gasteiger partial charge on any atom is 0.417 e. The van der Waals surface area contributed by atoms with Crippen molar-refractivity contribution in [1.29, 1.82) is 0 Å². The maximum atomic E-state index is 13.9. The van der Waals surface area contributed by atoms with Crippen LogP contribution in [0.2, 0.25) is 0 Å². The first-order valence-corrected chi connectivity index (χ1v) is 12.1. The summed E-state index contributed by atoms with van der Waals surface area (Å²) in [6, 6.07) is 4.41. The highest BCUT2D eigenvalue weighted by Crippen LogP contribution is 2.38. The number of rotatable bonds is 5. The van der Waals surface area contributed by atoms with Crippen LogP contribution in [0.3, 0.4) is 0 Å². The van der Waals surface area contributed by atoms with Crippen LogP contribution in [0, 0.1) is 0 Å². The second-order valence-electron chi connectivity index (χ2n) is 9.11. The molecule has 0 unspecified atom stereocenters. The number of pyridine rings is 2. The van der Waals surface area contributed by atoms with Crippen molar-refractivity contribution in [3.63, 3.8) is 0 Å². The van der Waals surface area contributed by atoms with Crippen molar-refractivity contribution in [2.75, 3.05) is 50.0 Å². The van der Waals surface area contributed by atoms with Gasteiger partial charge in [-0.15, -0.1) is 0 Å². The molecular weight excluding hydrogens is 471 g/mol. The van der Waals surface area contributed by atoms with Gasteiger partial charge in [-0.25, -0.2) is 15.0 Å². The fraction of sp³-hybridized carbons (Fsp3) is 0.440. The van der Waals surface area contributed by atoms with Crippen molar-refractivity contribution in [3.05, 3.63) is 47.9 Å². The number of nitrogen functional groups attached to an aromatic ring is 1. The lowest BCUT2D eigenvalue weighted by Gasteiger charge is -2.27. The van der Waals surface area contributed by atoms with Crippen LogP contribution >= 0.6 is 0 Å². The van der Waals surface area contributed by atoms with Crippen LogP contribution in [0.5, 0.6) is 0 Å². The van der Waals surface area contributed by atoms with Crippen LogP contribution in [-0.2, 0) is 17.5 Å². The van der Waals surface area contributed by atoms with E-state index in [-0.39, 0.29) is 17.1 Å². The van der Waals surface area contributed by atoms with Crippen LogP contribution in [0.15, 0.2) is 36.8 Å². The van der Waals surface area contributed by atoms with E-state index >= 15 is 0 Å². The first-order chi connectivity index (χ1) is 17.4. The van der Waals surface area contributed by atoms with Crippen LogP contribution < -0.4 is 10.6 Å². The number of ether oxygens (including phenoxy) is 1. The Morgan fingerprint density at radius 3 is 2.39 bits per heavy atom. The van der Waals surface area contributed by atoms with E-state index in [9.17, 15) is 13.2 Å². The molecular formula is C25H28F3N7O. The molecule has 36 heavy (non-hydrogen) atoms. The highest BCUT2D eigenvalue weighted by molar-refractivity contribution is 5.72.